The highest BCUT2D eigenvalue weighted by Gasteiger charge is 2.20. The average molecular weight is 306 g/mol. The number of carbonyl (C=O) groups excluding carboxylic acids is 2. The third-order valence-corrected chi connectivity index (χ3v) is 4.72. The molecule has 0 saturated carbocycles. The number of fused-ring (bicyclic) bond motifs is 3. The summed E-state index contributed by atoms with van der Waals surface area (Å²) in [7, 11) is 0. The lowest BCUT2D eigenvalue weighted by Gasteiger charge is -2.10. The third kappa shape index (κ3) is 2.54. The molecule has 8 heteroatoms. The van der Waals surface area contributed by atoms with Gasteiger partial charge in [0.25, 0.3) is 5.56 Å². The molecule has 2 aromatic rings. The number of thiophene rings is 1. The molecular formula is C13H14N4O3S. The van der Waals surface area contributed by atoms with Gasteiger partial charge in [-0.05, 0) is 31.2 Å². The zero-order valence-electron chi connectivity index (χ0n) is 11.2. The fourth-order valence-corrected chi connectivity index (χ4v) is 3.84. The van der Waals surface area contributed by atoms with Gasteiger partial charge in [-0.3, -0.25) is 19.5 Å². The summed E-state index contributed by atoms with van der Waals surface area (Å²) in [6.45, 7) is -0.269. The molecule has 110 valence electrons. The summed E-state index contributed by atoms with van der Waals surface area (Å²) < 4.78 is 1.21. The highest BCUT2D eigenvalue weighted by Crippen LogP contribution is 2.33. The first-order chi connectivity index (χ1) is 10.1. The van der Waals surface area contributed by atoms with Crippen LogP contribution in [0.2, 0.25) is 0 Å². The molecule has 2 heterocycles. The van der Waals surface area contributed by atoms with E-state index in [4.69, 9.17) is 5.73 Å². The Morgan fingerprint density at radius 1 is 1.38 bits per heavy atom. The number of aromatic nitrogens is 2. The van der Waals surface area contributed by atoms with Crippen molar-refractivity contribution in [3.05, 3.63) is 27.1 Å². The Balaban J connectivity index is 2.02. The van der Waals surface area contributed by atoms with Gasteiger partial charge in [0.2, 0.25) is 5.91 Å². The number of primary amides is 1. The molecule has 3 N–H and O–H groups in total. The second-order valence-electron chi connectivity index (χ2n) is 4.98. The maximum atomic E-state index is 12.5. The van der Waals surface area contributed by atoms with Crippen LogP contribution in [0, 0.1) is 0 Å². The smallest absolute Gasteiger partial charge is 0.318 e. The standard InChI is InChI=1S/C13H14N4O3S/c14-13(20)16-9(18)5-17-6-15-11-10(12(17)19)7-3-1-2-4-8(7)21-11/h6H,1-5H2,(H3,14,16,18,20). The molecule has 7 nitrogen and oxygen atoms in total. The van der Waals surface area contributed by atoms with Crippen LogP contribution in [0.5, 0.6) is 0 Å². The Labute approximate surface area is 123 Å². The van der Waals surface area contributed by atoms with Gasteiger partial charge >= 0.3 is 6.03 Å². The van der Waals surface area contributed by atoms with Crippen molar-refractivity contribution in [3.8, 4) is 0 Å². The molecule has 0 unspecified atom stereocenters. The minimum atomic E-state index is -0.935. The van der Waals surface area contributed by atoms with Crippen LogP contribution in [-0.2, 0) is 24.2 Å². The van der Waals surface area contributed by atoms with Gasteiger partial charge in [-0.15, -0.1) is 11.3 Å². The Hall–Kier alpha value is -2.22. The molecule has 3 amide bonds. The number of imide groups is 1. The number of amides is 3. The van der Waals surface area contributed by atoms with Gasteiger partial charge in [-0.25, -0.2) is 9.78 Å². The van der Waals surface area contributed by atoms with Crippen LogP contribution in [-0.4, -0.2) is 21.5 Å². The van der Waals surface area contributed by atoms with Gasteiger partial charge in [0.15, 0.2) is 0 Å². The van der Waals surface area contributed by atoms with Crippen molar-refractivity contribution in [2.75, 3.05) is 0 Å². The summed E-state index contributed by atoms with van der Waals surface area (Å²) in [5.41, 5.74) is 5.71. The van der Waals surface area contributed by atoms with Crippen molar-refractivity contribution in [2.45, 2.75) is 32.2 Å². The molecule has 0 fully saturated rings. The van der Waals surface area contributed by atoms with E-state index < -0.39 is 11.9 Å². The van der Waals surface area contributed by atoms with E-state index in [1.54, 1.807) is 11.3 Å². The van der Waals surface area contributed by atoms with E-state index in [0.29, 0.717) is 5.39 Å². The monoisotopic (exact) mass is 306 g/mol. The van der Waals surface area contributed by atoms with Crippen molar-refractivity contribution in [1.29, 1.82) is 0 Å². The second kappa shape index (κ2) is 5.28. The largest absolute Gasteiger partial charge is 0.351 e. The third-order valence-electron chi connectivity index (χ3n) is 3.52. The molecule has 0 saturated heterocycles. The van der Waals surface area contributed by atoms with Crippen LogP contribution >= 0.6 is 11.3 Å². The topological polar surface area (TPSA) is 107 Å². The van der Waals surface area contributed by atoms with E-state index in [2.05, 4.69) is 4.98 Å². The van der Waals surface area contributed by atoms with Crippen molar-refractivity contribution in [3.63, 3.8) is 0 Å². The zero-order chi connectivity index (χ0) is 15.0. The summed E-state index contributed by atoms with van der Waals surface area (Å²) in [6.07, 6.45) is 5.40. The first kappa shape index (κ1) is 13.7. The number of rotatable bonds is 2. The van der Waals surface area contributed by atoms with E-state index in [1.807, 2.05) is 5.32 Å². The summed E-state index contributed by atoms with van der Waals surface area (Å²) in [4.78, 5) is 40.9. The predicted octanol–water partition coefficient (Wildman–Crippen LogP) is 0.532. The molecule has 1 aliphatic rings. The normalized spacial score (nSPS) is 13.9. The van der Waals surface area contributed by atoms with Gasteiger partial charge < -0.3 is 5.73 Å². The molecule has 0 radical (unpaired) electrons. The summed E-state index contributed by atoms with van der Waals surface area (Å²) >= 11 is 1.55. The van der Waals surface area contributed by atoms with E-state index >= 15 is 0 Å². The van der Waals surface area contributed by atoms with Crippen molar-refractivity contribution < 1.29 is 9.59 Å². The predicted molar refractivity (Wildman–Crippen MR) is 78.2 cm³/mol. The quantitative estimate of drug-likeness (QED) is 0.844. The van der Waals surface area contributed by atoms with E-state index in [-0.39, 0.29) is 12.1 Å². The Bertz CT molecular complexity index is 793. The number of hydrogen-bond acceptors (Lipinski definition) is 5. The van der Waals surface area contributed by atoms with E-state index in [1.165, 1.54) is 15.8 Å². The highest BCUT2D eigenvalue weighted by molar-refractivity contribution is 7.18. The molecule has 0 spiro atoms. The highest BCUT2D eigenvalue weighted by atomic mass is 32.1. The van der Waals surface area contributed by atoms with Gasteiger partial charge in [0, 0.05) is 4.88 Å². The maximum absolute atomic E-state index is 12.5. The molecule has 21 heavy (non-hydrogen) atoms. The molecule has 1 aliphatic carbocycles. The lowest BCUT2D eigenvalue weighted by atomic mass is 9.97. The molecule has 3 rings (SSSR count). The lowest BCUT2D eigenvalue weighted by molar-refractivity contribution is -0.120. The second-order valence-corrected chi connectivity index (χ2v) is 6.06. The SMILES string of the molecule is NC(=O)NC(=O)Cn1cnc2sc3c(c2c1=O)CCCC3. The number of carbonyl (C=O) groups is 2. The molecule has 2 aromatic heterocycles. The van der Waals surface area contributed by atoms with Crippen molar-refractivity contribution in [2.24, 2.45) is 5.73 Å². The Kier molecular flexibility index (Phi) is 3.46. The van der Waals surface area contributed by atoms with Crippen LogP contribution < -0.4 is 16.6 Å². The number of nitrogens with two attached hydrogens (primary N) is 1. The fourth-order valence-electron chi connectivity index (χ4n) is 2.63. The molecule has 0 bridgehead atoms. The number of aryl methyl sites for hydroxylation is 2. The number of nitrogens with zero attached hydrogens (tertiary/aromatic N) is 2. The fraction of sp³-hybridized carbons (Fsp3) is 0.385. The van der Waals surface area contributed by atoms with Crippen LogP contribution in [0.1, 0.15) is 23.3 Å². The van der Waals surface area contributed by atoms with Crippen molar-refractivity contribution >= 4 is 33.5 Å². The Morgan fingerprint density at radius 3 is 2.90 bits per heavy atom. The number of hydrogen-bond donors (Lipinski definition) is 2. The van der Waals surface area contributed by atoms with Crippen LogP contribution in [0.25, 0.3) is 10.2 Å². The Morgan fingerprint density at radius 2 is 2.14 bits per heavy atom. The van der Waals surface area contributed by atoms with Crippen LogP contribution in [0.4, 0.5) is 4.79 Å². The van der Waals surface area contributed by atoms with Gasteiger partial charge in [-0.1, -0.05) is 0 Å². The minimum Gasteiger partial charge on any atom is -0.351 e. The average Bonchev–Trinajstić information content (AvgIpc) is 2.80. The zero-order valence-corrected chi connectivity index (χ0v) is 12.0. The lowest BCUT2D eigenvalue weighted by Crippen LogP contribution is -2.39. The summed E-state index contributed by atoms with van der Waals surface area (Å²) in [6, 6.07) is -0.935. The molecule has 0 aliphatic heterocycles. The first-order valence-electron chi connectivity index (χ1n) is 6.65. The number of urea groups is 1. The summed E-state index contributed by atoms with van der Waals surface area (Å²) in [5.74, 6) is -0.630. The van der Waals surface area contributed by atoms with Gasteiger partial charge in [0.05, 0.1) is 11.7 Å². The van der Waals surface area contributed by atoms with Gasteiger partial charge in [0.1, 0.15) is 11.4 Å². The first-order valence-corrected chi connectivity index (χ1v) is 7.47. The number of nitrogens with one attached hydrogen (secondary N) is 1. The maximum Gasteiger partial charge on any atom is 0.318 e. The van der Waals surface area contributed by atoms with E-state index in [0.717, 1.165) is 36.1 Å². The van der Waals surface area contributed by atoms with Gasteiger partial charge in [-0.2, -0.15) is 0 Å². The molecule has 0 aromatic carbocycles. The van der Waals surface area contributed by atoms with Crippen LogP contribution in [0.3, 0.4) is 0 Å². The van der Waals surface area contributed by atoms with Crippen molar-refractivity contribution in [1.82, 2.24) is 14.9 Å². The molecular weight excluding hydrogens is 292 g/mol. The summed E-state index contributed by atoms with van der Waals surface area (Å²) in [5, 5.41) is 2.55. The van der Waals surface area contributed by atoms with E-state index in [9.17, 15) is 14.4 Å². The van der Waals surface area contributed by atoms with Crippen LogP contribution in [0.15, 0.2) is 11.1 Å². The molecule has 0 atom stereocenters. The minimum absolute atomic E-state index is 0.237.